The first-order valence-corrected chi connectivity index (χ1v) is 10.7. The van der Waals surface area contributed by atoms with Crippen LogP contribution in [0, 0.1) is 5.41 Å². The first-order chi connectivity index (χ1) is 14.4. The number of ether oxygens (including phenoxy) is 1. The van der Waals surface area contributed by atoms with Crippen molar-refractivity contribution in [3.63, 3.8) is 0 Å². The highest BCUT2D eigenvalue weighted by molar-refractivity contribution is 5.82. The molecule has 3 N–H and O–H groups in total. The van der Waals surface area contributed by atoms with Gasteiger partial charge in [0.25, 0.3) is 0 Å². The van der Waals surface area contributed by atoms with E-state index in [1.807, 2.05) is 20.0 Å². The molecular weight excluding hydrogens is 376 g/mol. The lowest BCUT2D eigenvalue weighted by atomic mass is 9.61. The molecule has 1 fully saturated rings. The van der Waals surface area contributed by atoms with E-state index in [0.29, 0.717) is 5.96 Å². The maximum Gasteiger partial charge on any atom is 0.194 e. The molecule has 30 heavy (non-hydrogen) atoms. The minimum atomic E-state index is -0.797. The number of nitrogens with zero attached hydrogens (tertiary/aromatic N) is 3. The highest BCUT2D eigenvalue weighted by Crippen LogP contribution is 2.63. The number of aliphatic hydroxyl groups is 1. The molecule has 160 valence electrons. The summed E-state index contributed by atoms with van der Waals surface area (Å²) in [5.41, 5.74) is 9.45. The van der Waals surface area contributed by atoms with E-state index in [1.54, 1.807) is 24.3 Å². The van der Waals surface area contributed by atoms with Crippen molar-refractivity contribution in [1.82, 2.24) is 4.90 Å². The van der Waals surface area contributed by atoms with E-state index in [9.17, 15) is 5.11 Å². The Labute approximate surface area is 178 Å². The number of allylic oxidation sites excluding steroid dienone is 2. The van der Waals surface area contributed by atoms with Crippen molar-refractivity contribution in [1.29, 1.82) is 0 Å². The summed E-state index contributed by atoms with van der Waals surface area (Å²) >= 11 is 0. The molecule has 0 bridgehead atoms. The fourth-order valence-electron chi connectivity index (χ4n) is 5.75. The first kappa shape index (κ1) is 20.8. The number of rotatable bonds is 4. The van der Waals surface area contributed by atoms with E-state index in [4.69, 9.17) is 15.5 Å². The van der Waals surface area contributed by atoms with Crippen molar-refractivity contribution in [3.05, 3.63) is 53.6 Å². The van der Waals surface area contributed by atoms with Gasteiger partial charge >= 0.3 is 0 Å². The van der Waals surface area contributed by atoms with Crippen LogP contribution in [0.15, 0.2) is 46.9 Å². The van der Waals surface area contributed by atoms with Crippen molar-refractivity contribution >= 4 is 17.9 Å². The maximum atomic E-state index is 11.5. The fourth-order valence-corrected chi connectivity index (χ4v) is 5.75. The van der Waals surface area contributed by atoms with E-state index in [-0.39, 0.29) is 11.5 Å². The normalized spacial score (nSPS) is 33.5. The van der Waals surface area contributed by atoms with Gasteiger partial charge in [-0.15, -0.1) is 0 Å². The van der Waals surface area contributed by atoms with Crippen LogP contribution in [0.5, 0.6) is 0 Å². The minimum Gasteiger partial charge on any atom is -0.381 e. The molecule has 2 atom stereocenters. The lowest BCUT2D eigenvalue weighted by molar-refractivity contribution is -0.0768. The lowest BCUT2D eigenvalue weighted by Crippen LogP contribution is -2.54. The number of nitrogens with two attached hydrogens (primary N) is 1. The van der Waals surface area contributed by atoms with Crippen LogP contribution in [-0.2, 0) is 16.7 Å². The van der Waals surface area contributed by atoms with Crippen LogP contribution in [0.4, 0.5) is 0 Å². The van der Waals surface area contributed by atoms with Crippen LogP contribution in [0.25, 0.3) is 5.70 Å². The predicted octanol–water partition coefficient (Wildman–Crippen LogP) is 3.21. The molecule has 0 amide bonds. The van der Waals surface area contributed by atoms with E-state index < -0.39 is 11.8 Å². The third kappa shape index (κ3) is 2.85. The van der Waals surface area contributed by atoms with E-state index in [1.165, 1.54) is 5.56 Å². The van der Waals surface area contributed by atoms with Gasteiger partial charge < -0.3 is 20.5 Å². The number of benzene rings is 1. The number of methoxy groups -OCH3 is 1. The maximum absolute atomic E-state index is 11.5. The monoisotopic (exact) mass is 408 g/mol. The van der Waals surface area contributed by atoms with Gasteiger partial charge in [-0.2, -0.15) is 0 Å². The van der Waals surface area contributed by atoms with Gasteiger partial charge in [0, 0.05) is 31.4 Å². The van der Waals surface area contributed by atoms with Crippen LogP contribution in [0.3, 0.4) is 0 Å². The van der Waals surface area contributed by atoms with Gasteiger partial charge in [0.2, 0.25) is 0 Å². The molecule has 1 aromatic rings. The molecule has 2 spiro atoms. The number of likely N-dealkylation sites (N-methyl/N-ethyl adjacent to an activating group) is 1. The van der Waals surface area contributed by atoms with Crippen LogP contribution in [-0.4, -0.2) is 48.7 Å². The van der Waals surface area contributed by atoms with Crippen LogP contribution < -0.4 is 5.73 Å². The Kier molecular flexibility index (Phi) is 5.32. The van der Waals surface area contributed by atoms with Crippen molar-refractivity contribution < 1.29 is 9.84 Å². The number of guanidine groups is 1. The van der Waals surface area contributed by atoms with Gasteiger partial charge in [-0.1, -0.05) is 24.8 Å². The van der Waals surface area contributed by atoms with E-state index in [0.717, 1.165) is 48.9 Å². The second kappa shape index (κ2) is 7.67. The summed E-state index contributed by atoms with van der Waals surface area (Å²) in [6.07, 6.45) is 9.60. The zero-order valence-corrected chi connectivity index (χ0v) is 18.1. The minimum absolute atomic E-state index is 0.172. The molecule has 1 aromatic carbocycles. The Morgan fingerprint density at radius 2 is 2.13 bits per heavy atom. The zero-order chi connectivity index (χ0) is 21.5. The Hall–Kier alpha value is -2.44. The molecule has 1 aliphatic heterocycles. The molecule has 0 radical (unpaired) electrons. The number of hydrogen-bond acceptors (Lipinski definition) is 6. The SMILES string of the molecule is C=C/C=C(\N=CC)c1ccc2c(c1)C1(N=C(N)N(C)C1O)C1(CCC(OC)CC1)C2. The summed E-state index contributed by atoms with van der Waals surface area (Å²) in [5.74, 6) is 0.391. The zero-order valence-electron chi connectivity index (χ0n) is 18.1. The first-order valence-electron chi connectivity index (χ1n) is 10.7. The average Bonchev–Trinajstić information content (AvgIpc) is 3.15. The molecule has 1 heterocycles. The number of aliphatic imine (C=N–C) groups is 2. The van der Waals surface area contributed by atoms with Gasteiger partial charge in [0.1, 0.15) is 5.54 Å². The Morgan fingerprint density at radius 1 is 1.40 bits per heavy atom. The summed E-state index contributed by atoms with van der Waals surface area (Å²) in [6.45, 7) is 5.72. The van der Waals surface area contributed by atoms with Crippen molar-refractivity contribution in [2.45, 2.75) is 56.9 Å². The summed E-state index contributed by atoms with van der Waals surface area (Å²) < 4.78 is 5.63. The standard InChI is InChI=1S/C24H32N4O2/c1-5-7-20(26-6-2)16-8-9-17-15-23(12-10-18(30-4)11-13-23)24(19(17)14-16)21(29)28(3)22(25)27-24/h5-9,14,18,21,29H,1,10-13,15H2,2-4H3,(H2,25,27)/b20-7-,26-6?. The molecular formula is C24H32N4O2. The second-order valence-electron chi connectivity index (χ2n) is 8.66. The molecule has 6 heteroatoms. The molecule has 2 unspecified atom stereocenters. The highest BCUT2D eigenvalue weighted by Gasteiger charge is 2.65. The molecule has 1 saturated carbocycles. The van der Waals surface area contributed by atoms with Gasteiger partial charge in [0.05, 0.1) is 11.8 Å². The molecule has 6 nitrogen and oxygen atoms in total. The number of aliphatic hydroxyl groups excluding tert-OH is 1. The summed E-state index contributed by atoms with van der Waals surface area (Å²) in [4.78, 5) is 11.2. The summed E-state index contributed by atoms with van der Waals surface area (Å²) in [7, 11) is 3.60. The third-order valence-electron chi connectivity index (χ3n) is 7.31. The third-order valence-corrected chi connectivity index (χ3v) is 7.31. The van der Waals surface area contributed by atoms with Gasteiger partial charge in [-0.3, -0.25) is 4.99 Å². The topological polar surface area (TPSA) is 83.4 Å². The Morgan fingerprint density at radius 3 is 2.70 bits per heavy atom. The van der Waals surface area contributed by atoms with Crippen LogP contribution in [0.1, 0.15) is 49.3 Å². The second-order valence-corrected chi connectivity index (χ2v) is 8.66. The van der Waals surface area contributed by atoms with Crippen LogP contribution in [0.2, 0.25) is 0 Å². The molecule has 2 aliphatic carbocycles. The smallest absolute Gasteiger partial charge is 0.194 e. The van der Waals surface area contributed by atoms with Gasteiger partial charge in [0.15, 0.2) is 12.2 Å². The van der Waals surface area contributed by atoms with Crippen molar-refractivity contribution in [3.8, 4) is 0 Å². The van der Waals surface area contributed by atoms with Gasteiger partial charge in [-0.25, -0.2) is 4.99 Å². The van der Waals surface area contributed by atoms with Gasteiger partial charge in [-0.05, 0) is 62.3 Å². The number of hydrogen-bond donors (Lipinski definition) is 2. The quantitative estimate of drug-likeness (QED) is 0.592. The Balaban J connectivity index is 1.88. The van der Waals surface area contributed by atoms with Crippen LogP contribution >= 0.6 is 0 Å². The van der Waals surface area contributed by atoms with E-state index in [2.05, 4.69) is 29.8 Å². The highest BCUT2D eigenvalue weighted by atomic mass is 16.5. The van der Waals surface area contributed by atoms with E-state index >= 15 is 0 Å². The largest absolute Gasteiger partial charge is 0.381 e. The number of fused-ring (bicyclic) bond motifs is 3. The molecule has 0 aromatic heterocycles. The fraction of sp³-hybridized carbons (Fsp3) is 0.500. The summed E-state index contributed by atoms with van der Waals surface area (Å²) in [6, 6.07) is 6.42. The molecule has 3 aliphatic rings. The molecule has 0 saturated heterocycles. The summed E-state index contributed by atoms with van der Waals surface area (Å²) in [5, 5.41) is 11.5. The Bertz CT molecular complexity index is 927. The van der Waals surface area contributed by atoms with Crippen molar-refractivity contribution in [2.75, 3.05) is 14.2 Å². The average molecular weight is 409 g/mol. The lowest BCUT2D eigenvalue weighted by Gasteiger charge is -2.48. The molecule has 4 rings (SSSR count). The predicted molar refractivity (Wildman–Crippen MR) is 121 cm³/mol. The van der Waals surface area contributed by atoms with Crippen molar-refractivity contribution in [2.24, 2.45) is 21.1 Å².